The van der Waals surface area contributed by atoms with E-state index in [1.54, 1.807) is 13.0 Å². The van der Waals surface area contributed by atoms with E-state index in [0.29, 0.717) is 5.57 Å². The Balaban J connectivity index is 4.16. The SMILES string of the molecule is C=C/C(=C\C)C(=O)NN=C. The molecule has 1 N–H and O–H groups in total. The third kappa shape index (κ3) is 2.26. The van der Waals surface area contributed by atoms with E-state index < -0.39 is 0 Å². The van der Waals surface area contributed by atoms with Crippen LogP contribution in [0.2, 0.25) is 0 Å². The van der Waals surface area contributed by atoms with Gasteiger partial charge >= 0.3 is 0 Å². The number of hydrogen-bond acceptors (Lipinski definition) is 2. The Morgan fingerprint density at radius 3 is 2.60 bits per heavy atom. The molecule has 0 aromatic carbocycles. The lowest BCUT2D eigenvalue weighted by molar-refractivity contribution is -0.117. The minimum Gasteiger partial charge on any atom is -0.267 e. The van der Waals surface area contributed by atoms with E-state index in [-0.39, 0.29) is 5.91 Å². The van der Waals surface area contributed by atoms with Crippen LogP contribution in [0, 0.1) is 0 Å². The van der Waals surface area contributed by atoms with Crippen molar-refractivity contribution >= 4 is 12.6 Å². The standard InChI is InChI=1S/C7H10N2O/c1-4-6(5-2)7(10)9-8-3/h4-5H,1,3H2,2H3,(H,9,10)/b6-5+. The molecule has 0 unspecified atom stereocenters. The van der Waals surface area contributed by atoms with E-state index in [9.17, 15) is 4.79 Å². The number of rotatable bonds is 3. The quantitative estimate of drug-likeness (QED) is 0.267. The molecule has 0 saturated carbocycles. The van der Waals surface area contributed by atoms with Crippen molar-refractivity contribution in [1.82, 2.24) is 5.43 Å². The summed E-state index contributed by atoms with van der Waals surface area (Å²) in [5, 5.41) is 3.21. The molecular weight excluding hydrogens is 128 g/mol. The number of nitrogens with zero attached hydrogens (tertiary/aromatic N) is 1. The monoisotopic (exact) mass is 138 g/mol. The average Bonchev–Trinajstić information content (AvgIpc) is 1.91. The van der Waals surface area contributed by atoms with Crippen molar-refractivity contribution in [3.8, 4) is 0 Å². The van der Waals surface area contributed by atoms with Crippen molar-refractivity contribution in [2.45, 2.75) is 6.92 Å². The summed E-state index contributed by atoms with van der Waals surface area (Å²) >= 11 is 0. The van der Waals surface area contributed by atoms with E-state index >= 15 is 0 Å². The van der Waals surface area contributed by atoms with Crippen LogP contribution in [-0.2, 0) is 4.79 Å². The zero-order chi connectivity index (χ0) is 7.98. The second kappa shape index (κ2) is 4.49. The first-order valence-corrected chi connectivity index (χ1v) is 2.81. The number of allylic oxidation sites excluding steroid dienone is 1. The van der Waals surface area contributed by atoms with Crippen molar-refractivity contribution in [2.24, 2.45) is 5.10 Å². The summed E-state index contributed by atoms with van der Waals surface area (Å²) in [6.45, 7) is 8.30. The molecule has 0 spiro atoms. The molecule has 0 aliphatic carbocycles. The third-order valence-corrected chi connectivity index (χ3v) is 0.974. The molecule has 10 heavy (non-hydrogen) atoms. The number of amides is 1. The number of carbonyl (C=O) groups is 1. The predicted molar refractivity (Wildman–Crippen MR) is 41.6 cm³/mol. The molecule has 0 bridgehead atoms. The molecule has 1 amide bonds. The molecule has 0 aromatic heterocycles. The van der Waals surface area contributed by atoms with E-state index in [1.807, 2.05) is 0 Å². The van der Waals surface area contributed by atoms with Gasteiger partial charge in [-0.2, -0.15) is 5.10 Å². The summed E-state index contributed by atoms with van der Waals surface area (Å²) in [7, 11) is 0. The van der Waals surface area contributed by atoms with Gasteiger partial charge in [-0.1, -0.05) is 18.7 Å². The minimum absolute atomic E-state index is 0.285. The van der Waals surface area contributed by atoms with Crippen LogP contribution in [0.5, 0.6) is 0 Å². The second-order valence-electron chi connectivity index (χ2n) is 1.55. The Morgan fingerprint density at radius 2 is 2.30 bits per heavy atom. The highest BCUT2D eigenvalue weighted by Crippen LogP contribution is 1.93. The second-order valence-corrected chi connectivity index (χ2v) is 1.55. The van der Waals surface area contributed by atoms with Gasteiger partial charge in [-0.3, -0.25) is 4.79 Å². The first kappa shape index (κ1) is 8.62. The van der Waals surface area contributed by atoms with Gasteiger partial charge in [0.1, 0.15) is 0 Å². The number of nitrogens with one attached hydrogen (secondary N) is 1. The third-order valence-electron chi connectivity index (χ3n) is 0.974. The van der Waals surface area contributed by atoms with Crippen molar-refractivity contribution < 1.29 is 4.79 Å². The van der Waals surface area contributed by atoms with E-state index in [2.05, 4.69) is 23.8 Å². The summed E-state index contributed by atoms with van der Waals surface area (Å²) in [6.07, 6.45) is 3.11. The first-order chi connectivity index (χ1) is 4.76. The topological polar surface area (TPSA) is 41.5 Å². The fraction of sp³-hybridized carbons (Fsp3) is 0.143. The number of hydrogen-bond donors (Lipinski definition) is 1. The molecule has 0 heterocycles. The molecule has 3 heteroatoms. The highest BCUT2D eigenvalue weighted by Gasteiger charge is 2.00. The molecule has 0 radical (unpaired) electrons. The first-order valence-electron chi connectivity index (χ1n) is 2.81. The molecule has 0 aromatic rings. The largest absolute Gasteiger partial charge is 0.270 e. The van der Waals surface area contributed by atoms with Gasteiger partial charge in [-0.15, -0.1) is 0 Å². The molecular formula is C7H10N2O. The minimum atomic E-state index is -0.285. The van der Waals surface area contributed by atoms with Gasteiger partial charge in [0, 0.05) is 12.3 Å². The molecule has 3 nitrogen and oxygen atoms in total. The number of carbonyl (C=O) groups excluding carboxylic acids is 1. The summed E-state index contributed by atoms with van der Waals surface area (Å²) in [6, 6.07) is 0. The lowest BCUT2D eigenvalue weighted by Gasteiger charge is -1.96. The van der Waals surface area contributed by atoms with Crippen molar-refractivity contribution in [2.75, 3.05) is 0 Å². The lowest BCUT2D eigenvalue weighted by atomic mass is 10.2. The smallest absolute Gasteiger partial charge is 0.267 e. The fourth-order valence-electron chi connectivity index (χ4n) is 0.478. The van der Waals surface area contributed by atoms with Gasteiger partial charge in [0.15, 0.2) is 0 Å². The Labute approximate surface area is 60.1 Å². The fourth-order valence-corrected chi connectivity index (χ4v) is 0.478. The van der Waals surface area contributed by atoms with E-state index in [0.717, 1.165) is 0 Å². The van der Waals surface area contributed by atoms with Crippen molar-refractivity contribution in [3.05, 3.63) is 24.3 Å². The Morgan fingerprint density at radius 1 is 1.70 bits per heavy atom. The average molecular weight is 138 g/mol. The summed E-state index contributed by atoms with van der Waals surface area (Å²) < 4.78 is 0. The molecule has 0 rings (SSSR count). The van der Waals surface area contributed by atoms with Crippen LogP contribution in [0.25, 0.3) is 0 Å². The Hall–Kier alpha value is -1.38. The zero-order valence-electron chi connectivity index (χ0n) is 5.92. The van der Waals surface area contributed by atoms with Gasteiger partial charge in [-0.05, 0) is 6.92 Å². The maximum absolute atomic E-state index is 10.8. The maximum atomic E-state index is 10.8. The molecule has 54 valence electrons. The van der Waals surface area contributed by atoms with Crippen molar-refractivity contribution in [3.63, 3.8) is 0 Å². The van der Waals surface area contributed by atoms with Crippen LogP contribution >= 0.6 is 0 Å². The normalized spacial score (nSPS) is 10.3. The Bertz CT molecular complexity index is 182. The highest BCUT2D eigenvalue weighted by atomic mass is 16.2. The van der Waals surface area contributed by atoms with Gasteiger partial charge in [-0.25, -0.2) is 5.43 Å². The molecule has 0 aliphatic heterocycles. The summed E-state index contributed by atoms with van der Waals surface area (Å²) in [4.78, 5) is 10.8. The molecule has 0 saturated heterocycles. The Kier molecular flexibility index (Phi) is 3.87. The van der Waals surface area contributed by atoms with Crippen LogP contribution in [0.3, 0.4) is 0 Å². The van der Waals surface area contributed by atoms with Gasteiger partial charge < -0.3 is 0 Å². The van der Waals surface area contributed by atoms with Crippen LogP contribution in [0.1, 0.15) is 6.92 Å². The van der Waals surface area contributed by atoms with Gasteiger partial charge in [0.05, 0.1) is 0 Å². The molecule has 0 fully saturated rings. The summed E-state index contributed by atoms with van der Waals surface area (Å²) in [5.74, 6) is -0.285. The molecule has 0 aliphatic rings. The van der Waals surface area contributed by atoms with Crippen LogP contribution in [0.4, 0.5) is 0 Å². The predicted octanol–water partition coefficient (Wildman–Crippen LogP) is 0.851. The van der Waals surface area contributed by atoms with Gasteiger partial charge in [0.2, 0.25) is 0 Å². The zero-order valence-corrected chi connectivity index (χ0v) is 5.92. The van der Waals surface area contributed by atoms with Crippen LogP contribution in [-0.4, -0.2) is 12.6 Å². The lowest BCUT2D eigenvalue weighted by Crippen LogP contribution is -2.17. The van der Waals surface area contributed by atoms with E-state index in [4.69, 9.17) is 0 Å². The maximum Gasteiger partial charge on any atom is 0.270 e. The van der Waals surface area contributed by atoms with E-state index in [1.165, 1.54) is 6.08 Å². The highest BCUT2D eigenvalue weighted by molar-refractivity contribution is 5.95. The van der Waals surface area contributed by atoms with Crippen molar-refractivity contribution in [1.29, 1.82) is 0 Å². The van der Waals surface area contributed by atoms with Crippen LogP contribution < -0.4 is 5.43 Å². The molecule has 0 atom stereocenters. The van der Waals surface area contributed by atoms with Crippen LogP contribution in [0.15, 0.2) is 29.4 Å². The summed E-state index contributed by atoms with van der Waals surface area (Å²) in [5.41, 5.74) is 2.68. The van der Waals surface area contributed by atoms with Gasteiger partial charge in [0.25, 0.3) is 5.91 Å². The number of hydrazone groups is 1.